The van der Waals surface area contributed by atoms with Gasteiger partial charge in [-0.05, 0) is 43.2 Å². The highest BCUT2D eigenvalue weighted by Crippen LogP contribution is 2.21. The maximum absolute atomic E-state index is 12.1. The molecular weight excluding hydrogens is 258 g/mol. The minimum Gasteiger partial charge on any atom is -0.378 e. The fourth-order valence-corrected chi connectivity index (χ4v) is 3.29. The molecule has 0 saturated carbocycles. The second-order valence-corrected chi connectivity index (χ2v) is 5.93. The van der Waals surface area contributed by atoms with E-state index in [-0.39, 0.29) is 5.78 Å². The van der Waals surface area contributed by atoms with E-state index < -0.39 is 0 Å². The summed E-state index contributed by atoms with van der Waals surface area (Å²) < 4.78 is 6.65. The number of hydrogen-bond donors (Lipinski definition) is 0. The summed E-state index contributed by atoms with van der Waals surface area (Å²) in [4.78, 5) is 16.4. The molecule has 1 fully saturated rings. The Hall–Kier alpha value is -1.26. The minimum atomic E-state index is 0.195. The van der Waals surface area contributed by atoms with Crippen LogP contribution in [0.2, 0.25) is 0 Å². The van der Waals surface area contributed by atoms with E-state index in [1.165, 1.54) is 0 Å². The van der Waals surface area contributed by atoms with Crippen LogP contribution in [0.15, 0.2) is 23.7 Å². The predicted octanol–water partition coefficient (Wildman–Crippen LogP) is 3.83. The van der Waals surface area contributed by atoms with Crippen LogP contribution in [0.25, 0.3) is 10.2 Å². The van der Waals surface area contributed by atoms with Gasteiger partial charge in [-0.3, -0.25) is 9.78 Å². The molecule has 0 aromatic carbocycles. The molecular formula is C15H17NO2S. The summed E-state index contributed by atoms with van der Waals surface area (Å²) in [6.07, 6.45) is 6.90. The standard InChI is InChI=1S/C15H17NO2S/c17-14(5-1-3-12-4-2-7-18-12)11-9-15-13(16-10-11)6-8-19-15/h6,8-10,12H,1-5,7H2. The maximum Gasteiger partial charge on any atom is 0.164 e. The fraction of sp³-hybridized carbons (Fsp3) is 0.467. The zero-order valence-electron chi connectivity index (χ0n) is 10.8. The lowest BCUT2D eigenvalue weighted by molar-refractivity contribution is 0.0922. The average Bonchev–Trinajstić information content (AvgIpc) is 3.08. The van der Waals surface area contributed by atoms with Crippen molar-refractivity contribution in [1.82, 2.24) is 4.98 Å². The monoisotopic (exact) mass is 275 g/mol. The average molecular weight is 275 g/mol. The lowest BCUT2D eigenvalue weighted by Crippen LogP contribution is -2.06. The summed E-state index contributed by atoms with van der Waals surface area (Å²) in [7, 11) is 0. The molecule has 1 saturated heterocycles. The summed E-state index contributed by atoms with van der Waals surface area (Å²) >= 11 is 1.63. The highest BCUT2D eigenvalue weighted by molar-refractivity contribution is 7.17. The van der Waals surface area contributed by atoms with Gasteiger partial charge in [-0.1, -0.05) is 0 Å². The molecule has 3 rings (SSSR count). The number of thiophene rings is 1. The molecule has 1 aliphatic rings. The van der Waals surface area contributed by atoms with Crippen molar-refractivity contribution in [2.24, 2.45) is 0 Å². The number of nitrogens with zero attached hydrogens (tertiary/aromatic N) is 1. The van der Waals surface area contributed by atoms with Crippen LogP contribution in [0, 0.1) is 0 Å². The normalized spacial score (nSPS) is 19.1. The summed E-state index contributed by atoms with van der Waals surface area (Å²) in [5, 5.41) is 2.00. The van der Waals surface area contributed by atoms with Crippen LogP contribution in [0.4, 0.5) is 0 Å². The first-order chi connectivity index (χ1) is 9.33. The summed E-state index contributed by atoms with van der Waals surface area (Å²) in [5.41, 5.74) is 1.71. The molecule has 0 aliphatic carbocycles. The van der Waals surface area contributed by atoms with Gasteiger partial charge in [0.15, 0.2) is 5.78 Å². The Morgan fingerprint density at radius 2 is 2.47 bits per heavy atom. The predicted molar refractivity (Wildman–Crippen MR) is 76.8 cm³/mol. The van der Waals surface area contributed by atoms with Crippen LogP contribution in [-0.4, -0.2) is 23.5 Å². The van der Waals surface area contributed by atoms with Crippen LogP contribution < -0.4 is 0 Å². The number of ketones is 1. The number of aromatic nitrogens is 1. The van der Waals surface area contributed by atoms with Crippen molar-refractivity contribution < 1.29 is 9.53 Å². The van der Waals surface area contributed by atoms with Crippen molar-refractivity contribution in [1.29, 1.82) is 0 Å². The molecule has 0 N–H and O–H groups in total. The first-order valence-electron chi connectivity index (χ1n) is 6.81. The quantitative estimate of drug-likeness (QED) is 0.778. The Kier molecular flexibility index (Phi) is 3.89. The molecule has 0 amide bonds. The van der Waals surface area contributed by atoms with Crippen LogP contribution in [-0.2, 0) is 4.74 Å². The third-order valence-corrected chi connectivity index (χ3v) is 4.43. The van der Waals surface area contributed by atoms with Crippen molar-refractivity contribution in [3.8, 4) is 0 Å². The lowest BCUT2D eigenvalue weighted by Gasteiger charge is -2.08. The van der Waals surface area contributed by atoms with Gasteiger partial charge in [0.05, 0.1) is 16.3 Å². The van der Waals surface area contributed by atoms with E-state index in [1.54, 1.807) is 17.5 Å². The molecule has 0 radical (unpaired) electrons. The van der Waals surface area contributed by atoms with E-state index in [1.807, 2.05) is 17.5 Å². The molecule has 19 heavy (non-hydrogen) atoms. The van der Waals surface area contributed by atoms with E-state index in [0.29, 0.717) is 12.5 Å². The number of rotatable bonds is 5. The van der Waals surface area contributed by atoms with Crippen LogP contribution in [0.1, 0.15) is 42.5 Å². The van der Waals surface area contributed by atoms with Gasteiger partial charge >= 0.3 is 0 Å². The second-order valence-electron chi connectivity index (χ2n) is 4.98. The Bertz CT molecular complexity index is 572. The highest BCUT2D eigenvalue weighted by atomic mass is 32.1. The first kappa shape index (κ1) is 12.8. The number of pyridine rings is 1. The lowest BCUT2D eigenvalue weighted by atomic mass is 10.0. The molecule has 2 aromatic rings. The van der Waals surface area contributed by atoms with Crippen LogP contribution in [0.5, 0.6) is 0 Å². The number of hydrogen-bond acceptors (Lipinski definition) is 4. The zero-order chi connectivity index (χ0) is 13.1. The Morgan fingerprint density at radius 3 is 3.32 bits per heavy atom. The molecule has 4 heteroatoms. The summed E-state index contributed by atoms with van der Waals surface area (Å²) in [6, 6.07) is 3.94. The fourth-order valence-electron chi connectivity index (χ4n) is 2.51. The van der Waals surface area contributed by atoms with E-state index >= 15 is 0 Å². The molecule has 2 aromatic heterocycles. The number of ether oxygens (including phenoxy) is 1. The Balaban J connectivity index is 1.56. The highest BCUT2D eigenvalue weighted by Gasteiger charge is 2.16. The zero-order valence-corrected chi connectivity index (χ0v) is 11.6. The van der Waals surface area contributed by atoms with Gasteiger partial charge in [0.2, 0.25) is 0 Å². The van der Waals surface area contributed by atoms with Gasteiger partial charge in [0.25, 0.3) is 0 Å². The third kappa shape index (κ3) is 3.01. The smallest absolute Gasteiger partial charge is 0.164 e. The van der Waals surface area contributed by atoms with E-state index in [4.69, 9.17) is 4.74 Å². The Morgan fingerprint density at radius 1 is 1.53 bits per heavy atom. The van der Waals surface area contributed by atoms with E-state index in [2.05, 4.69) is 4.98 Å². The van der Waals surface area contributed by atoms with Crippen molar-refractivity contribution in [3.05, 3.63) is 29.3 Å². The molecule has 0 spiro atoms. The van der Waals surface area contributed by atoms with Crippen LogP contribution >= 0.6 is 11.3 Å². The minimum absolute atomic E-state index is 0.195. The summed E-state index contributed by atoms with van der Waals surface area (Å²) in [6.45, 7) is 0.886. The van der Waals surface area contributed by atoms with Crippen molar-refractivity contribution in [2.45, 2.75) is 38.2 Å². The number of Topliss-reactive ketones (excluding diaryl/α,β-unsaturated/α-hetero) is 1. The van der Waals surface area contributed by atoms with Crippen molar-refractivity contribution in [3.63, 3.8) is 0 Å². The van der Waals surface area contributed by atoms with Gasteiger partial charge in [0, 0.05) is 24.8 Å². The largest absolute Gasteiger partial charge is 0.378 e. The van der Waals surface area contributed by atoms with Gasteiger partial charge in [-0.15, -0.1) is 11.3 Å². The van der Waals surface area contributed by atoms with Gasteiger partial charge in [-0.2, -0.15) is 0 Å². The van der Waals surface area contributed by atoms with Crippen molar-refractivity contribution in [2.75, 3.05) is 6.61 Å². The topological polar surface area (TPSA) is 39.2 Å². The second kappa shape index (κ2) is 5.80. The van der Waals surface area contributed by atoms with Crippen LogP contribution in [0.3, 0.4) is 0 Å². The number of carbonyl (C=O) groups excluding carboxylic acids is 1. The van der Waals surface area contributed by atoms with E-state index in [9.17, 15) is 4.79 Å². The molecule has 1 atom stereocenters. The molecule has 1 unspecified atom stereocenters. The van der Waals surface area contributed by atoms with Crippen molar-refractivity contribution >= 4 is 27.3 Å². The number of carbonyl (C=O) groups is 1. The molecule has 1 aliphatic heterocycles. The third-order valence-electron chi connectivity index (χ3n) is 3.58. The van der Waals surface area contributed by atoms with Gasteiger partial charge in [0.1, 0.15) is 0 Å². The van der Waals surface area contributed by atoms with E-state index in [0.717, 1.165) is 48.1 Å². The Labute approximate surface area is 116 Å². The SMILES string of the molecule is O=C(CCCC1CCCO1)c1cnc2ccsc2c1. The molecule has 100 valence electrons. The summed E-state index contributed by atoms with van der Waals surface area (Å²) in [5.74, 6) is 0.195. The van der Waals surface area contributed by atoms with Gasteiger partial charge in [-0.25, -0.2) is 0 Å². The number of fused-ring (bicyclic) bond motifs is 1. The molecule has 3 heterocycles. The molecule has 3 nitrogen and oxygen atoms in total. The first-order valence-corrected chi connectivity index (χ1v) is 7.69. The molecule has 0 bridgehead atoms. The van der Waals surface area contributed by atoms with Gasteiger partial charge < -0.3 is 4.74 Å². The maximum atomic E-state index is 12.1.